The van der Waals surface area contributed by atoms with Crippen LogP contribution in [0.25, 0.3) is 0 Å². The van der Waals surface area contributed by atoms with E-state index >= 15 is 0 Å². The first-order valence-corrected chi connectivity index (χ1v) is 18.2. The van der Waals surface area contributed by atoms with Gasteiger partial charge >= 0.3 is 0 Å². The van der Waals surface area contributed by atoms with Crippen LogP contribution >= 0.6 is 11.6 Å². The highest BCUT2D eigenvalue weighted by Gasteiger charge is 2.36. The third-order valence-electron chi connectivity index (χ3n) is 9.28. The molecule has 1 fully saturated rings. The second kappa shape index (κ2) is 18.4. The van der Waals surface area contributed by atoms with Gasteiger partial charge in [-0.25, -0.2) is 4.21 Å². The van der Waals surface area contributed by atoms with Gasteiger partial charge in [-0.2, -0.15) is 10.2 Å². The minimum Gasteiger partial charge on any atom is -0.493 e. The standard InChI is InChI=1S/C33H45ClN2O4S.C4H4N2/c1-5-7-25-18-28(34)13-17-30(25)27-20-36(4)19-26-12-16-31(26)32(37)9-6-8-22(2)23(3)41(39)35-33(38)24-10-14-29(15-11-24)40-21-27;1-2-4-6-5-3-1/h6,9-11,13-15,17-18,22-23,26-27,31-32,37H,5,7-8,12,16,19-21H2,1-4H3,(H,35,38);1-4H/b9-6+;. The second-order valence-corrected chi connectivity index (χ2v) is 14.8. The molecule has 254 valence electrons. The predicted molar refractivity (Wildman–Crippen MR) is 190 cm³/mol. The number of rotatable bonds is 3. The minimum atomic E-state index is -1.53. The van der Waals surface area contributed by atoms with Crippen LogP contribution in [0, 0.1) is 17.8 Å². The van der Waals surface area contributed by atoms with E-state index in [1.54, 1.807) is 36.7 Å². The molecule has 2 aromatic carbocycles. The molecule has 3 aromatic rings. The van der Waals surface area contributed by atoms with E-state index in [2.05, 4.69) is 45.9 Å². The zero-order chi connectivity index (χ0) is 33.8. The van der Waals surface area contributed by atoms with Crippen LogP contribution in [0.3, 0.4) is 0 Å². The summed E-state index contributed by atoms with van der Waals surface area (Å²) in [7, 11) is 0.633. The average Bonchev–Trinajstić information content (AvgIpc) is 3.06. The number of aromatic nitrogens is 2. The van der Waals surface area contributed by atoms with E-state index in [0.29, 0.717) is 30.3 Å². The molecule has 2 N–H and O–H groups in total. The Morgan fingerprint density at radius 1 is 1.06 bits per heavy atom. The van der Waals surface area contributed by atoms with Crippen molar-refractivity contribution in [1.82, 2.24) is 19.8 Å². The van der Waals surface area contributed by atoms with Crippen molar-refractivity contribution in [2.24, 2.45) is 17.8 Å². The fraction of sp³-hybridized carbons (Fsp3) is 0.486. The Balaban J connectivity index is 0.000000748. The summed E-state index contributed by atoms with van der Waals surface area (Å²) < 4.78 is 21.9. The van der Waals surface area contributed by atoms with E-state index in [0.717, 1.165) is 43.8 Å². The zero-order valence-electron chi connectivity index (χ0n) is 27.9. The topological polar surface area (TPSA) is 105 Å². The number of nitrogens with zero attached hydrogens (tertiary/aromatic N) is 3. The van der Waals surface area contributed by atoms with Gasteiger partial charge in [0.25, 0.3) is 5.91 Å². The number of amides is 1. The number of halogens is 1. The Morgan fingerprint density at radius 3 is 2.40 bits per heavy atom. The average molecular weight is 681 g/mol. The van der Waals surface area contributed by atoms with Crippen molar-refractivity contribution in [3.8, 4) is 5.75 Å². The van der Waals surface area contributed by atoms with Crippen molar-refractivity contribution in [3.05, 3.63) is 101 Å². The molecule has 1 aromatic heterocycles. The number of aryl methyl sites for hydroxylation is 1. The third kappa shape index (κ3) is 11.0. The quantitative estimate of drug-likeness (QED) is 0.299. The Hall–Kier alpha value is -3.11. The van der Waals surface area contributed by atoms with Crippen LogP contribution in [0.4, 0.5) is 0 Å². The lowest BCUT2D eigenvalue weighted by Gasteiger charge is -2.41. The van der Waals surface area contributed by atoms with Crippen LogP contribution in [0.1, 0.15) is 73.9 Å². The molecule has 2 aliphatic heterocycles. The number of hydrogen-bond donors (Lipinski definition) is 2. The van der Waals surface area contributed by atoms with Gasteiger partial charge in [0.15, 0.2) is 0 Å². The summed E-state index contributed by atoms with van der Waals surface area (Å²) in [5.74, 6) is 1.18. The summed E-state index contributed by atoms with van der Waals surface area (Å²) in [6, 6.07) is 16.8. The molecule has 8 nitrogen and oxygen atoms in total. The number of carbonyl (C=O) groups excluding carboxylic acids is 1. The number of ether oxygens (including phenoxy) is 1. The summed E-state index contributed by atoms with van der Waals surface area (Å²) >= 11 is 6.38. The number of carbonyl (C=O) groups is 1. The van der Waals surface area contributed by atoms with Gasteiger partial charge in [0.05, 0.1) is 18.0 Å². The number of fused-ring (bicyclic) bond motifs is 14. The fourth-order valence-electron chi connectivity index (χ4n) is 6.20. The first-order chi connectivity index (χ1) is 22.7. The number of allylic oxidation sites excluding steroid dienone is 1. The molecule has 2 bridgehead atoms. The molecule has 0 spiro atoms. The van der Waals surface area contributed by atoms with E-state index in [4.69, 9.17) is 16.3 Å². The van der Waals surface area contributed by atoms with E-state index in [1.807, 2.05) is 44.2 Å². The predicted octanol–water partition coefficient (Wildman–Crippen LogP) is 6.63. The molecule has 1 saturated carbocycles. The maximum Gasteiger partial charge on any atom is 0.262 e. The number of hydrogen-bond acceptors (Lipinski definition) is 7. The lowest BCUT2D eigenvalue weighted by molar-refractivity contribution is 0.0246. The molecule has 0 radical (unpaired) electrons. The maximum atomic E-state index is 12.9. The van der Waals surface area contributed by atoms with Crippen LogP contribution < -0.4 is 9.46 Å². The molecule has 0 saturated heterocycles. The molecule has 47 heavy (non-hydrogen) atoms. The molecule has 3 aliphatic rings. The van der Waals surface area contributed by atoms with Crippen molar-refractivity contribution >= 4 is 28.5 Å². The first-order valence-electron chi connectivity index (χ1n) is 16.6. The molecule has 7 unspecified atom stereocenters. The molecule has 10 heteroatoms. The summed E-state index contributed by atoms with van der Waals surface area (Å²) in [4.78, 5) is 15.2. The van der Waals surface area contributed by atoms with Crippen molar-refractivity contribution in [2.45, 2.75) is 70.1 Å². The highest BCUT2D eigenvalue weighted by atomic mass is 35.5. The second-order valence-electron chi connectivity index (χ2n) is 12.8. The summed E-state index contributed by atoms with van der Waals surface area (Å²) in [6.07, 6.45) is 11.5. The summed E-state index contributed by atoms with van der Waals surface area (Å²) in [5.41, 5.74) is 2.93. The lowest BCUT2D eigenvalue weighted by atomic mass is 9.70. The van der Waals surface area contributed by atoms with Crippen LogP contribution in [-0.4, -0.2) is 68.4 Å². The van der Waals surface area contributed by atoms with Gasteiger partial charge in [-0.15, -0.1) is 0 Å². The fourth-order valence-corrected chi connectivity index (χ4v) is 7.41. The number of aliphatic hydroxyl groups excluding tert-OH is 1. The zero-order valence-corrected chi connectivity index (χ0v) is 29.5. The van der Waals surface area contributed by atoms with E-state index in [9.17, 15) is 14.1 Å². The lowest BCUT2D eigenvalue weighted by Crippen LogP contribution is -2.43. The van der Waals surface area contributed by atoms with Gasteiger partial charge in [-0.3, -0.25) is 9.52 Å². The molecular weight excluding hydrogens is 632 g/mol. The van der Waals surface area contributed by atoms with Crippen molar-refractivity contribution in [3.63, 3.8) is 0 Å². The summed E-state index contributed by atoms with van der Waals surface area (Å²) in [6.45, 7) is 8.30. The van der Waals surface area contributed by atoms with Gasteiger partial charge < -0.3 is 14.7 Å². The van der Waals surface area contributed by atoms with E-state index < -0.39 is 17.1 Å². The Kier molecular flexibility index (Phi) is 14.4. The smallest absolute Gasteiger partial charge is 0.262 e. The van der Waals surface area contributed by atoms with Gasteiger partial charge in [-0.1, -0.05) is 50.1 Å². The number of benzene rings is 2. The Bertz CT molecular complexity index is 1430. The van der Waals surface area contributed by atoms with Crippen molar-refractivity contribution in [1.29, 1.82) is 0 Å². The Morgan fingerprint density at radius 2 is 1.79 bits per heavy atom. The van der Waals surface area contributed by atoms with Gasteiger partial charge in [-0.05, 0) is 117 Å². The summed E-state index contributed by atoms with van der Waals surface area (Å²) in [5, 5.41) is 18.5. The van der Waals surface area contributed by atoms with Gasteiger partial charge in [0.1, 0.15) is 16.7 Å². The van der Waals surface area contributed by atoms with Gasteiger partial charge in [0, 0.05) is 42.0 Å². The molecule has 7 atom stereocenters. The highest BCUT2D eigenvalue weighted by molar-refractivity contribution is 7.84. The van der Waals surface area contributed by atoms with Crippen LogP contribution in [0.5, 0.6) is 5.75 Å². The third-order valence-corrected chi connectivity index (χ3v) is 11.0. The minimum absolute atomic E-state index is 0.0789. The highest BCUT2D eigenvalue weighted by Crippen LogP contribution is 2.38. The van der Waals surface area contributed by atoms with Crippen molar-refractivity contribution in [2.75, 3.05) is 26.7 Å². The largest absolute Gasteiger partial charge is 0.493 e. The molecule has 1 amide bonds. The molecular formula is C37H49ClN4O4S. The van der Waals surface area contributed by atoms with Crippen LogP contribution in [0.15, 0.2) is 79.1 Å². The number of likely N-dealkylation sites (N-methyl/N-ethyl adjacent to an activating group) is 1. The van der Waals surface area contributed by atoms with Gasteiger partial charge in [0.2, 0.25) is 0 Å². The monoisotopic (exact) mass is 680 g/mol. The van der Waals surface area contributed by atoms with Crippen molar-refractivity contribution < 1.29 is 18.8 Å². The number of aliphatic hydroxyl groups is 1. The first kappa shape index (κ1) is 36.7. The van der Waals surface area contributed by atoms with E-state index in [-0.39, 0.29) is 28.9 Å². The molecule has 1 aliphatic carbocycles. The van der Waals surface area contributed by atoms with E-state index in [1.165, 1.54) is 11.1 Å². The Labute approximate surface area is 287 Å². The SMILES string of the molecule is CCCc1cc(Cl)ccc1C1COc2ccc(cc2)C(=O)NS(=O)C(C)C(C)C/C=C/C(O)C2CCC2CN(C)C1.c1ccnnc1. The maximum absolute atomic E-state index is 12.9. The normalized spacial score (nSPS) is 28.2. The number of nitrogens with one attached hydrogen (secondary N) is 1. The molecule has 3 heterocycles. The molecule has 6 rings (SSSR count). The van der Waals surface area contributed by atoms with Crippen LogP contribution in [-0.2, 0) is 17.4 Å². The van der Waals surface area contributed by atoms with Crippen LogP contribution in [0.2, 0.25) is 5.02 Å².